The van der Waals surface area contributed by atoms with E-state index < -0.39 is 5.41 Å². The van der Waals surface area contributed by atoms with Crippen LogP contribution in [0.2, 0.25) is 10.0 Å². The standard InChI is InChI=1S/C22H23Cl2N3O2/c23-17-7-5-16(6-8-17)22(9-13-29-14-10-22)21(28)25-11-2-12-27-20-4-1-3-19(24)18(20)15-26-27/h1,3-8,15H,2,9-14H2,(H,25,28). The maximum atomic E-state index is 13.2. The number of halogens is 2. The van der Waals surface area contributed by atoms with Crippen LogP contribution in [0.5, 0.6) is 0 Å². The smallest absolute Gasteiger partial charge is 0.230 e. The molecule has 0 saturated carbocycles. The van der Waals surface area contributed by atoms with Crippen LogP contribution in [0, 0.1) is 0 Å². The number of rotatable bonds is 6. The second-order valence-electron chi connectivity index (χ2n) is 7.35. The lowest BCUT2D eigenvalue weighted by atomic mass is 9.73. The third-order valence-corrected chi connectivity index (χ3v) is 6.23. The summed E-state index contributed by atoms with van der Waals surface area (Å²) < 4.78 is 7.44. The predicted molar refractivity (Wildman–Crippen MR) is 116 cm³/mol. The van der Waals surface area contributed by atoms with Crippen LogP contribution >= 0.6 is 23.2 Å². The van der Waals surface area contributed by atoms with E-state index in [2.05, 4.69) is 10.4 Å². The van der Waals surface area contributed by atoms with Crippen molar-refractivity contribution in [3.63, 3.8) is 0 Å². The van der Waals surface area contributed by atoms with E-state index in [9.17, 15) is 4.79 Å². The summed E-state index contributed by atoms with van der Waals surface area (Å²) in [5, 5.41) is 9.87. The number of fused-ring (bicyclic) bond motifs is 1. The molecule has 2 aromatic carbocycles. The summed E-state index contributed by atoms with van der Waals surface area (Å²) in [6, 6.07) is 13.4. The van der Waals surface area contributed by atoms with Crippen LogP contribution in [0.4, 0.5) is 0 Å². The summed E-state index contributed by atoms with van der Waals surface area (Å²) in [7, 11) is 0. The van der Waals surface area contributed by atoms with Crippen molar-refractivity contribution in [1.82, 2.24) is 15.1 Å². The summed E-state index contributed by atoms with van der Waals surface area (Å²) in [6.45, 7) is 2.45. The molecule has 5 nitrogen and oxygen atoms in total. The Morgan fingerprint density at radius 3 is 2.66 bits per heavy atom. The SMILES string of the molecule is O=C(NCCCn1ncc2c(Cl)cccc21)C1(c2ccc(Cl)cc2)CCOCC1. The lowest BCUT2D eigenvalue weighted by molar-refractivity contribution is -0.130. The van der Waals surface area contributed by atoms with Gasteiger partial charge in [-0.25, -0.2) is 0 Å². The highest BCUT2D eigenvalue weighted by molar-refractivity contribution is 6.35. The number of hydrogen-bond donors (Lipinski definition) is 1. The third kappa shape index (κ3) is 4.13. The lowest BCUT2D eigenvalue weighted by Crippen LogP contribution is -2.48. The predicted octanol–water partition coefficient (Wildman–Crippen LogP) is 4.60. The number of nitrogens with zero attached hydrogens (tertiary/aromatic N) is 2. The summed E-state index contributed by atoms with van der Waals surface area (Å²) >= 11 is 12.3. The molecule has 1 saturated heterocycles. The fraction of sp³-hybridized carbons (Fsp3) is 0.364. The Morgan fingerprint density at radius 1 is 1.14 bits per heavy atom. The molecule has 7 heteroatoms. The summed E-state index contributed by atoms with van der Waals surface area (Å²) in [5.74, 6) is 0.0523. The molecular formula is C22H23Cl2N3O2. The highest BCUT2D eigenvalue weighted by Crippen LogP contribution is 2.35. The molecule has 0 radical (unpaired) electrons. The maximum Gasteiger partial charge on any atom is 0.230 e. The molecule has 1 fully saturated rings. The Balaban J connectivity index is 1.40. The second-order valence-corrected chi connectivity index (χ2v) is 8.19. The molecule has 2 heterocycles. The lowest BCUT2D eigenvalue weighted by Gasteiger charge is -2.36. The van der Waals surface area contributed by atoms with Crippen LogP contribution in [0.3, 0.4) is 0 Å². The molecule has 1 aliphatic rings. The van der Waals surface area contributed by atoms with Crippen LogP contribution in [0.1, 0.15) is 24.8 Å². The maximum absolute atomic E-state index is 13.2. The topological polar surface area (TPSA) is 56.2 Å². The minimum atomic E-state index is -0.561. The molecule has 0 unspecified atom stereocenters. The molecule has 152 valence electrons. The zero-order valence-corrected chi connectivity index (χ0v) is 17.5. The van der Waals surface area contributed by atoms with Crippen molar-refractivity contribution >= 4 is 40.0 Å². The molecular weight excluding hydrogens is 409 g/mol. The number of carbonyl (C=O) groups is 1. The van der Waals surface area contributed by atoms with Gasteiger partial charge >= 0.3 is 0 Å². The van der Waals surface area contributed by atoms with Gasteiger partial charge in [-0.05, 0) is 49.1 Å². The van der Waals surface area contributed by atoms with Crippen molar-refractivity contribution in [2.45, 2.75) is 31.2 Å². The summed E-state index contributed by atoms with van der Waals surface area (Å²) in [5.41, 5.74) is 1.44. The number of carbonyl (C=O) groups excluding carboxylic acids is 1. The van der Waals surface area contributed by atoms with Gasteiger partial charge in [-0.15, -0.1) is 0 Å². The van der Waals surface area contributed by atoms with Gasteiger partial charge < -0.3 is 10.1 Å². The number of nitrogens with one attached hydrogen (secondary N) is 1. The van der Waals surface area contributed by atoms with Crippen molar-refractivity contribution in [3.8, 4) is 0 Å². The Hall–Kier alpha value is -2.08. The minimum Gasteiger partial charge on any atom is -0.381 e. The normalized spacial score (nSPS) is 16.1. The Labute approximate surface area is 179 Å². The molecule has 29 heavy (non-hydrogen) atoms. The van der Waals surface area contributed by atoms with Crippen LogP contribution in [-0.2, 0) is 21.5 Å². The van der Waals surface area contributed by atoms with E-state index >= 15 is 0 Å². The van der Waals surface area contributed by atoms with Crippen molar-refractivity contribution in [2.24, 2.45) is 0 Å². The van der Waals surface area contributed by atoms with Gasteiger partial charge in [0, 0.05) is 36.7 Å². The van der Waals surface area contributed by atoms with Gasteiger partial charge in [-0.3, -0.25) is 9.48 Å². The monoisotopic (exact) mass is 431 g/mol. The molecule has 1 N–H and O–H groups in total. The number of aromatic nitrogens is 2. The van der Waals surface area contributed by atoms with Crippen molar-refractivity contribution in [2.75, 3.05) is 19.8 Å². The molecule has 0 atom stereocenters. The van der Waals surface area contributed by atoms with Gasteiger partial charge in [0.15, 0.2) is 0 Å². The average molecular weight is 432 g/mol. The minimum absolute atomic E-state index is 0.0523. The van der Waals surface area contributed by atoms with Gasteiger partial charge in [0.25, 0.3) is 0 Å². The number of benzene rings is 2. The molecule has 1 amide bonds. The van der Waals surface area contributed by atoms with Crippen molar-refractivity contribution < 1.29 is 9.53 Å². The average Bonchev–Trinajstić information content (AvgIpc) is 3.16. The molecule has 3 aromatic rings. The fourth-order valence-electron chi connectivity index (χ4n) is 3.98. The third-order valence-electron chi connectivity index (χ3n) is 5.64. The van der Waals surface area contributed by atoms with Gasteiger partial charge in [-0.1, -0.05) is 41.4 Å². The van der Waals surface area contributed by atoms with E-state index in [-0.39, 0.29) is 5.91 Å². The molecule has 0 spiro atoms. The molecule has 1 aromatic heterocycles. The highest BCUT2D eigenvalue weighted by Gasteiger charge is 2.41. The quantitative estimate of drug-likeness (QED) is 0.580. The largest absolute Gasteiger partial charge is 0.381 e. The molecule has 0 bridgehead atoms. The fourth-order valence-corrected chi connectivity index (χ4v) is 4.33. The first-order valence-corrected chi connectivity index (χ1v) is 10.6. The number of hydrogen-bond acceptors (Lipinski definition) is 3. The van der Waals surface area contributed by atoms with Crippen molar-refractivity contribution in [3.05, 3.63) is 64.3 Å². The van der Waals surface area contributed by atoms with Gasteiger partial charge in [0.05, 0.1) is 22.2 Å². The summed E-state index contributed by atoms with van der Waals surface area (Å²) in [6.07, 6.45) is 3.90. The Bertz CT molecular complexity index is 995. The Kier molecular flexibility index (Phi) is 6.09. The van der Waals surface area contributed by atoms with Gasteiger partial charge in [-0.2, -0.15) is 5.10 Å². The zero-order valence-electron chi connectivity index (χ0n) is 16.0. The van der Waals surface area contributed by atoms with Crippen LogP contribution in [-0.4, -0.2) is 35.4 Å². The van der Waals surface area contributed by atoms with E-state index in [1.807, 2.05) is 47.1 Å². The van der Waals surface area contributed by atoms with Crippen LogP contribution in [0.25, 0.3) is 10.9 Å². The summed E-state index contributed by atoms with van der Waals surface area (Å²) in [4.78, 5) is 13.2. The van der Waals surface area contributed by atoms with E-state index in [1.165, 1.54) is 0 Å². The van der Waals surface area contributed by atoms with E-state index in [1.54, 1.807) is 6.20 Å². The zero-order chi connectivity index (χ0) is 20.3. The first-order chi connectivity index (χ1) is 14.1. The Morgan fingerprint density at radius 2 is 1.90 bits per heavy atom. The van der Waals surface area contributed by atoms with Gasteiger partial charge in [0.1, 0.15) is 0 Å². The number of amides is 1. The van der Waals surface area contributed by atoms with E-state index in [0.717, 1.165) is 22.9 Å². The van der Waals surface area contributed by atoms with E-state index in [4.69, 9.17) is 27.9 Å². The van der Waals surface area contributed by atoms with Crippen molar-refractivity contribution in [1.29, 1.82) is 0 Å². The first kappa shape index (κ1) is 20.2. The van der Waals surface area contributed by atoms with Crippen LogP contribution in [0.15, 0.2) is 48.7 Å². The molecule has 0 aliphatic carbocycles. The number of ether oxygens (including phenoxy) is 1. The van der Waals surface area contributed by atoms with Gasteiger partial charge in [0.2, 0.25) is 5.91 Å². The molecule has 1 aliphatic heterocycles. The first-order valence-electron chi connectivity index (χ1n) is 9.82. The number of aryl methyl sites for hydroxylation is 1. The highest BCUT2D eigenvalue weighted by atomic mass is 35.5. The van der Waals surface area contributed by atoms with Crippen LogP contribution < -0.4 is 5.32 Å². The van der Waals surface area contributed by atoms with E-state index in [0.29, 0.717) is 49.2 Å². The molecule has 4 rings (SSSR count). The second kappa shape index (κ2) is 8.74.